The van der Waals surface area contributed by atoms with Crippen LogP contribution >= 0.6 is 0 Å². The van der Waals surface area contributed by atoms with Crippen molar-refractivity contribution >= 4 is 10.2 Å². The number of rotatable bonds is 8. The maximum atomic E-state index is 12.2. The Kier molecular flexibility index (Phi) is 6.61. The van der Waals surface area contributed by atoms with Crippen molar-refractivity contribution in [2.45, 2.75) is 46.6 Å². The standard InChI is InChI=1S/C11H27N3O2S/c1-6-7-14(11(4,5)9-12)17(15,16)13-8-10(2)3/h10,13H,6-9,12H2,1-5H3. The van der Waals surface area contributed by atoms with Crippen LogP contribution in [0.1, 0.15) is 41.0 Å². The number of nitrogens with one attached hydrogen (secondary N) is 1. The maximum absolute atomic E-state index is 12.2. The van der Waals surface area contributed by atoms with Crippen molar-refractivity contribution in [3.05, 3.63) is 0 Å². The summed E-state index contributed by atoms with van der Waals surface area (Å²) in [5.41, 5.74) is 5.10. The van der Waals surface area contributed by atoms with E-state index in [1.54, 1.807) is 0 Å². The fourth-order valence-corrected chi connectivity index (χ4v) is 3.25. The highest BCUT2D eigenvalue weighted by molar-refractivity contribution is 7.87. The van der Waals surface area contributed by atoms with Crippen molar-refractivity contribution in [1.29, 1.82) is 0 Å². The molecule has 0 aromatic rings. The lowest BCUT2D eigenvalue weighted by atomic mass is 10.1. The van der Waals surface area contributed by atoms with Crippen molar-refractivity contribution in [2.75, 3.05) is 19.6 Å². The third-order valence-corrected chi connectivity index (χ3v) is 4.35. The molecule has 0 aliphatic heterocycles. The molecule has 0 spiro atoms. The van der Waals surface area contributed by atoms with E-state index >= 15 is 0 Å². The smallest absolute Gasteiger partial charge is 0.279 e. The molecule has 0 heterocycles. The summed E-state index contributed by atoms with van der Waals surface area (Å²) in [4.78, 5) is 0. The number of nitrogens with two attached hydrogens (primary N) is 1. The van der Waals surface area contributed by atoms with Gasteiger partial charge in [-0.05, 0) is 26.2 Å². The maximum Gasteiger partial charge on any atom is 0.279 e. The highest BCUT2D eigenvalue weighted by Crippen LogP contribution is 2.17. The molecular weight excluding hydrogens is 238 g/mol. The van der Waals surface area contributed by atoms with Gasteiger partial charge >= 0.3 is 0 Å². The second-order valence-electron chi connectivity index (χ2n) is 5.34. The van der Waals surface area contributed by atoms with Crippen LogP contribution in [0.5, 0.6) is 0 Å². The summed E-state index contributed by atoms with van der Waals surface area (Å²) < 4.78 is 28.5. The zero-order valence-corrected chi connectivity index (χ0v) is 12.5. The Morgan fingerprint density at radius 1 is 1.35 bits per heavy atom. The van der Waals surface area contributed by atoms with Gasteiger partial charge in [-0.3, -0.25) is 0 Å². The number of hydrogen-bond donors (Lipinski definition) is 2. The zero-order valence-electron chi connectivity index (χ0n) is 11.7. The fourth-order valence-electron chi connectivity index (χ4n) is 1.40. The van der Waals surface area contributed by atoms with Gasteiger partial charge in [-0.25, -0.2) is 4.72 Å². The predicted octanol–water partition coefficient (Wildman–Crippen LogP) is 0.926. The second kappa shape index (κ2) is 6.68. The van der Waals surface area contributed by atoms with Crippen LogP contribution in [-0.2, 0) is 10.2 Å². The van der Waals surface area contributed by atoms with Crippen LogP contribution in [0.15, 0.2) is 0 Å². The van der Waals surface area contributed by atoms with Gasteiger partial charge in [0, 0.05) is 25.2 Å². The van der Waals surface area contributed by atoms with Gasteiger partial charge in [-0.2, -0.15) is 12.7 Å². The van der Waals surface area contributed by atoms with E-state index in [9.17, 15) is 8.42 Å². The molecule has 0 rings (SSSR count). The lowest BCUT2D eigenvalue weighted by Gasteiger charge is -2.36. The predicted molar refractivity (Wildman–Crippen MR) is 71.9 cm³/mol. The van der Waals surface area contributed by atoms with E-state index in [1.807, 2.05) is 34.6 Å². The first-order chi connectivity index (χ1) is 7.67. The van der Waals surface area contributed by atoms with E-state index in [-0.39, 0.29) is 5.92 Å². The van der Waals surface area contributed by atoms with Crippen LogP contribution < -0.4 is 10.5 Å². The minimum absolute atomic E-state index is 0.286. The van der Waals surface area contributed by atoms with Crippen molar-refractivity contribution in [3.8, 4) is 0 Å². The van der Waals surface area contributed by atoms with Crippen LogP contribution in [0.2, 0.25) is 0 Å². The van der Waals surface area contributed by atoms with E-state index in [0.717, 1.165) is 6.42 Å². The van der Waals surface area contributed by atoms with Crippen LogP contribution in [0, 0.1) is 5.92 Å². The molecule has 0 saturated carbocycles. The SMILES string of the molecule is CCCN(C(C)(C)CN)S(=O)(=O)NCC(C)C. The quantitative estimate of drug-likeness (QED) is 0.685. The minimum atomic E-state index is -3.45. The Morgan fingerprint density at radius 2 is 1.88 bits per heavy atom. The van der Waals surface area contributed by atoms with Gasteiger partial charge in [0.15, 0.2) is 0 Å². The fraction of sp³-hybridized carbons (Fsp3) is 1.00. The van der Waals surface area contributed by atoms with Crippen molar-refractivity contribution < 1.29 is 8.42 Å². The van der Waals surface area contributed by atoms with E-state index in [4.69, 9.17) is 5.73 Å². The van der Waals surface area contributed by atoms with Crippen molar-refractivity contribution in [2.24, 2.45) is 11.7 Å². The highest BCUT2D eigenvalue weighted by atomic mass is 32.2. The van der Waals surface area contributed by atoms with Crippen LogP contribution in [0.3, 0.4) is 0 Å². The average Bonchev–Trinajstić information content (AvgIpc) is 2.23. The second-order valence-corrected chi connectivity index (χ2v) is 7.02. The molecule has 3 N–H and O–H groups in total. The lowest BCUT2D eigenvalue weighted by Crippen LogP contribution is -2.56. The molecule has 0 bridgehead atoms. The average molecular weight is 265 g/mol. The van der Waals surface area contributed by atoms with Gasteiger partial charge in [0.05, 0.1) is 0 Å². The first-order valence-corrected chi connectivity index (χ1v) is 7.59. The summed E-state index contributed by atoms with van der Waals surface area (Å²) in [7, 11) is -3.45. The molecular formula is C11H27N3O2S. The first-order valence-electron chi connectivity index (χ1n) is 6.15. The molecule has 0 aliphatic carbocycles. The summed E-state index contributed by atoms with van der Waals surface area (Å²) in [5, 5.41) is 0. The van der Waals surface area contributed by atoms with Gasteiger partial charge in [0.1, 0.15) is 0 Å². The molecule has 0 amide bonds. The summed E-state index contributed by atoms with van der Waals surface area (Å²) in [6.45, 7) is 10.8. The zero-order chi connectivity index (χ0) is 13.7. The molecule has 17 heavy (non-hydrogen) atoms. The van der Waals surface area contributed by atoms with E-state index in [2.05, 4.69) is 4.72 Å². The Hall–Kier alpha value is -0.170. The number of hydrogen-bond acceptors (Lipinski definition) is 3. The topological polar surface area (TPSA) is 75.4 Å². The molecule has 104 valence electrons. The van der Waals surface area contributed by atoms with Crippen LogP contribution in [0.4, 0.5) is 0 Å². The molecule has 5 nitrogen and oxygen atoms in total. The summed E-state index contributed by atoms with van der Waals surface area (Å²) in [6, 6.07) is 0. The Morgan fingerprint density at radius 3 is 2.24 bits per heavy atom. The molecule has 0 aliphatic rings. The first kappa shape index (κ1) is 16.8. The molecule has 0 radical (unpaired) electrons. The van der Waals surface area contributed by atoms with Crippen molar-refractivity contribution in [1.82, 2.24) is 9.03 Å². The summed E-state index contributed by atoms with van der Waals surface area (Å²) in [6.07, 6.45) is 0.770. The van der Waals surface area contributed by atoms with Crippen LogP contribution in [-0.4, -0.2) is 37.9 Å². The molecule has 0 saturated heterocycles. The van der Waals surface area contributed by atoms with Gasteiger partial charge in [0.25, 0.3) is 10.2 Å². The van der Waals surface area contributed by atoms with E-state index in [1.165, 1.54) is 4.31 Å². The normalized spacial score (nSPS) is 13.6. The summed E-state index contributed by atoms with van der Waals surface area (Å²) >= 11 is 0. The highest BCUT2D eigenvalue weighted by Gasteiger charge is 2.34. The monoisotopic (exact) mass is 265 g/mol. The third-order valence-electron chi connectivity index (χ3n) is 2.57. The molecule has 0 aromatic carbocycles. The van der Waals surface area contributed by atoms with Gasteiger partial charge in [-0.1, -0.05) is 20.8 Å². The van der Waals surface area contributed by atoms with Gasteiger partial charge in [-0.15, -0.1) is 0 Å². The molecule has 6 heteroatoms. The molecule has 0 fully saturated rings. The summed E-state index contributed by atoms with van der Waals surface area (Å²) in [5.74, 6) is 0.286. The van der Waals surface area contributed by atoms with E-state index in [0.29, 0.717) is 19.6 Å². The largest absolute Gasteiger partial charge is 0.329 e. The Bertz CT molecular complexity index is 313. The molecule has 0 atom stereocenters. The Labute approximate surface area is 106 Å². The Balaban J connectivity index is 4.92. The number of nitrogens with zero attached hydrogens (tertiary/aromatic N) is 1. The molecule has 0 unspecified atom stereocenters. The van der Waals surface area contributed by atoms with Crippen LogP contribution in [0.25, 0.3) is 0 Å². The van der Waals surface area contributed by atoms with Gasteiger partial charge in [0.2, 0.25) is 0 Å². The minimum Gasteiger partial charge on any atom is -0.329 e. The third kappa shape index (κ3) is 5.33. The van der Waals surface area contributed by atoms with Gasteiger partial charge < -0.3 is 5.73 Å². The lowest BCUT2D eigenvalue weighted by molar-refractivity contribution is 0.231. The van der Waals surface area contributed by atoms with E-state index < -0.39 is 15.7 Å². The molecule has 0 aromatic heterocycles. The van der Waals surface area contributed by atoms with Crippen molar-refractivity contribution in [3.63, 3.8) is 0 Å².